The Bertz CT molecular complexity index is 1230. The van der Waals surface area contributed by atoms with Crippen LogP contribution in [0.5, 0.6) is 0 Å². The van der Waals surface area contributed by atoms with Gasteiger partial charge in [0.25, 0.3) is 0 Å². The molecule has 1 aromatic carbocycles. The van der Waals surface area contributed by atoms with Crippen molar-refractivity contribution in [2.75, 3.05) is 6.61 Å². The minimum atomic E-state index is -5.06. The van der Waals surface area contributed by atoms with E-state index in [0.717, 1.165) is 50.2 Å². The van der Waals surface area contributed by atoms with Gasteiger partial charge in [0.05, 0.1) is 17.0 Å². The first-order valence-corrected chi connectivity index (χ1v) is 12.9. The largest absolute Gasteiger partial charge is 0.493 e. The maximum atomic E-state index is 13.5. The molecular formula is C29H29F7O4. The molecule has 0 amide bonds. The molecule has 4 nitrogen and oxygen atoms in total. The van der Waals surface area contributed by atoms with Crippen LogP contribution in [0.15, 0.2) is 65.9 Å². The molecule has 11 heteroatoms. The summed E-state index contributed by atoms with van der Waals surface area (Å²) in [4.78, 5) is 11.0. The summed E-state index contributed by atoms with van der Waals surface area (Å²) in [7, 11) is 0. The van der Waals surface area contributed by atoms with Gasteiger partial charge in [-0.15, -0.1) is 0 Å². The first-order chi connectivity index (χ1) is 18.7. The highest BCUT2D eigenvalue weighted by atomic mass is 19.4. The molecule has 1 N–H and O–H groups in total. The number of carboxylic acids is 1. The van der Waals surface area contributed by atoms with E-state index in [1.54, 1.807) is 0 Å². The van der Waals surface area contributed by atoms with Crippen LogP contribution >= 0.6 is 0 Å². The van der Waals surface area contributed by atoms with Crippen molar-refractivity contribution in [3.8, 4) is 0 Å². The number of hydrogen-bond acceptors (Lipinski definition) is 3. The molecule has 2 fully saturated rings. The molecule has 0 bridgehead atoms. The van der Waals surface area contributed by atoms with Crippen LogP contribution in [-0.2, 0) is 33.2 Å². The van der Waals surface area contributed by atoms with E-state index in [4.69, 9.17) is 14.6 Å². The average Bonchev–Trinajstić information content (AvgIpc) is 3.55. The van der Waals surface area contributed by atoms with Crippen molar-refractivity contribution in [2.45, 2.75) is 63.9 Å². The number of rotatable bonds is 10. The zero-order valence-electron chi connectivity index (χ0n) is 21.5. The monoisotopic (exact) mass is 574 g/mol. The van der Waals surface area contributed by atoms with Gasteiger partial charge in [0.15, 0.2) is 0 Å². The number of benzene rings is 1. The average molecular weight is 575 g/mol. The molecule has 2 saturated carbocycles. The molecule has 4 rings (SSSR count). The second kappa shape index (κ2) is 11.3. The molecule has 0 aromatic heterocycles. The van der Waals surface area contributed by atoms with Crippen LogP contribution in [0.3, 0.4) is 0 Å². The van der Waals surface area contributed by atoms with E-state index in [0.29, 0.717) is 30.2 Å². The predicted molar refractivity (Wildman–Crippen MR) is 131 cm³/mol. The summed E-state index contributed by atoms with van der Waals surface area (Å²) in [6.45, 7) is 2.62. The molecule has 1 atom stereocenters. The zero-order chi connectivity index (χ0) is 29.3. The van der Waals surface area contributed by atoms with Crippen LogP contribution in [0, 0.1) is 17.3 Å². The van der Waals surface area contributed by atoms with Crippen LogP contribution < -0.4 is 0 Å². The molecule has 2 aliphatic carbocycles. The third kappa shape index (κ3) is 7.28. The predicted octanol–water partition coefficient (Wildman–Crippen LogP) is 8.51. The van der Waals surface area contributed by atoms with E-state index < -0.39 is 47.4 Å². The van der Waals surface area contributed by atoms with E-state index in [1.165, 1.54) is 6.08 Å². The van der Waals surface area contributed by atoms with Gasteiger partial charge in [-0.25, -0.2) is 4.39 Å². The Balaban J connectivity index is 1.32. The number of ether oxygens (including phenoxy) is 2. The van der Waals surface area contributed by atoms with Crippen LogP contribution in [0.1, 0.15) is 61.6 Å². The summed E-state index contributed by atoms with van der Waals surface area (Å²) in [5.41, 5.74) is -2.17. The zero-order valence-corrected chi connectivity index (χ0v) is 21.5. The Morgan fingerprint density at radius 3 is 2.45 bits per heavy atom. The minimum absolute atomic E-state index is 0.0211. The number of aliphatic carboxylic acids is 1. The maximum Gasteiger partial charge on any atom is 0.416 e. The van der Waals surface area contributed by atoms with Gasteiger partial charge in [0.1, 0.15) is 30.6 Å². The molecule has 40 heavy (non-hydrogen) atoms. The number of halogens is 7. The third-order valence-corrected chi connectivity index (χ3v) is 7.84. The fourth-order valence-corrected chi connectivity index (χ4v) is 5.58. The number of hydrogen-bond donors (Lipinski definition) is 1. The lowest BCUT2D eigenvalue weighted by atomic mass is 9.70. The quantitative estimate of drug-likeness (QED) is 0.132. The van der Waals surface area contributed by atoms with Crippen LogP contribution in [0.25, 0.3) is 0 Å². The fraction of sp³-hybridized carbons (Fsp3) is 0.483. The van der Waals surface area contributed by atoms with E-state index in [2.05, 4.69) is 6.58 Å². The molecule has 0 saturated heterocycles. The van der Waals surface area contributed by atoms with Crippen molar-refractivity contribution in [2.24, 2.45) is 17.3 Å². The van der Waals surface area contributed by atoms with Crippen molar-refractivity contribution in [3.05, 3.63) is 82.6 Å². The number of allylic oxidation sites excluding steroid dienone is 4. The third-order valence-electron chi connectivity index (χ3n) is 7.84. The molecule has 1 heterocycles. The summed E-state index contributed by atoms with van der Waals surface area (Å²) in [6, 6.07) is 1.24. The van der Waals surface area contributed by atoms with Crippen LogP contribution in [0.2, 0.25) is 0 Å². The molecule has 0 radical (unpaired) electrons. The topological polar surface area (TPSA) is 55.8 Å². The van der Waals surface area contributed by atoms with Gasteiger partial charge in [0.2, 0.25) is 0 Å². The minimum Gasteiger partial charge on any atom is -0.493 e. The van der Waals surface area contributed by atoms with Crippen molar-refractivity contribution >= 4 is 5.97 Å². The van der Waals surface area contributed by atoms with Crippen molar-refractivity contribution in [1.29, 1.82) is 0 Å². The standard InChI is InChI=1S/C29H29F7O4/c1-17(30)9-24(40-16-19-6-7-21(28(31,32)33)10-25(19)29(34,35)36)11-23-8-5-18(15-39-23)3-2-4-22-14-27(22)12-20(13-27)26(37)38/h5-7,9-11,20,22H,1-4,8,12-16H2,(H,37,38)/b23-11+,24-9+/t20?,22-,27?/m0/s1. The molecule has 1 spiro atoms. The molecular weight excluding hydrogens is 545 g/mol. The van der Waals surface area contributed by atoms with E-state index in [-0.39, 0.29) is 29.8 Å². The van der Waals surface area contributed by atoms with Gasteiger partial charge in [-0.2, -0.15) is 26.3 Å². The van der Waals surface area contributed by atoms with E-state index in [1.807, 2.05) is 6.08 Å². The van der Waals surface area contributed by atoms with Crippen molar-refractivity contribution in [1.82, 2.24) is 0 Å². The summed E-state index contributed by atoms with van der Waals surface area (Å²) < 4.78 is 104. The molecule has 1 aliphatic heterocycles. The van der Waals surface area contributed by atoms with Gasteiger partial charge in [0, 0.05) is 24.1 Å². The lowest BCUT2D eigenvalue weighted by molar-refractivity contribution is -0.147. The smallest absolute Gasteiger partial charge is 0.416 e. The summed E-state index contributed by atoms with van der Waals surface area (Å²) in [6.07, 6.45) is -0.115. The Labute approximate surface area is 226 Å². The van der Waals surface area contributed by atoms with Gasteiger partial charge >= 0.3 is 18.3 Å². The van der Waals surface area contributed by atoms with Gasteiger partial charge in [-0.1, -0.05) is 18.7 Å². The molecule has 1 aromatic rings. The Kier molecular flexibility index (Phi) is 8.42. The Morgan fingerprint density at radius 2 is 1.88 bits per heavy atom. The second-order valence-electron chi connectivity index (χ2n) is 10.7. The number of carbonyl (C=O) groups is 1. The lowest BCUT2D eigenvalue weighted by Gasteiger charge is -2.34. The van der Waals surface area contributed by atoms with Gasteiger partial charge in [-0.05, 0) is 67.6 Å². The number of carboxylic acid groups (broad SMARTS) is 1. The molecule has 3 aliphatic rings. The number of alkyl halides is 6. The normalized spacial score (nSPS) is 25.7. The van der Waals surface area contributed by atoms with E-state index >= 15 is 0 Å². The first-order valence-electron chi connectivity index (χ1n) is 12.9. The van der Waals surface area contributed by atoms with Gasteiger partial charge in [-0.3, -0.25) is 4.79 Å². The molecule has 0 unspecified atom stereocenters. The SMILES string of the molecule is C=C(F)/C=C(\C=C1/CC=C(CCC[C@H]2CC23CC(C(=O)O)C3)CO1)OCc1ccc(C(F)(F)F)cc1C(F)(F)F. The van der Waals surface area contributed by atoms with Crippen molar-refractivity contribution in [3.63, 3.8) is 0 Å². The lowest BCUT2D eigenvalue weighted by Crippen LogP contribution is -2.32. The summed E-state index contributed by atoms with van der Waals surface area (Å²) >= 11 is 0. The summed E-state index contributed by atoms with van der Waals surface area (Å²) in [5.74, 6) is -1.08. The highest BCUT2D eigenvalue weighted by Gasteiger charge is 2.62. The summed E-state index contributed by atoms with van der Waals surface area (Å²) in [5, 5.41) is 9.07. The highest BCUT2D eigenvalue weighted by Crippen LogP contribution is 2.69. The van der Waals surface area contributed by atoms with Crippen LogP contribution in [0.4, 0.5) is 30.7 Å². The van der Waals surface area contributed by atoms with Crippen LogP contribution in [-0.4, -0.2) is 17.7 Å². The van der Waals surface area contributed by atoms with Crippen molar-refractivity contribution < 1.29 is 50.1 Å². The highest BCUT2D eigenvalue weighted by molar-refractivity contribution is 5.71. The maximum absolute atomic E-state index is 13.5. The first kappa shape index (κ1) is 29.7. The Morgan fingerprint density at radius 1 is 1.15 bits per heavy atom. The van der Waals surface area contributed by atoms with Gasteiger partial charge < -0.3 is 14.6 Å². The van der Waals surface area contributed by atoms with E-state index in [9.17, 15) is 35.5 Å². The fourth-order valence-electron chi connectivity index (χ4n) is 5.58. The second-order valence-corrected chi connectivity index (χ2v) is 10.7. The molecule has 218 valence electrons. The Hall–Kier alpha value is -3.24.